The van der Waals surface area contributed by atoms with Gasteiger partial charge in [0.05, 0.1) is 6.61 Å². The van der Waals surface area contributed by atoms with Crippen molar-refractivity contribution >= 4 is 11.6 Å². The SMILES string of the molecule is CC(COc1ccc(F)cc1)CN1CCC(c2cccc(NC(=O)C(C)C)c2)CC1. The van der Waals surface area contributed by atoms with E-state index in [2.05, 4.69) is 29.3 Å². The molecule has 0 saturated carbocycles. The molecule has 1 aliphatic rings. The van der Waals surface area contributed by atoms with Crippen LogP contribution in [0.25, 0.3) is 0 Å². The minimum absolute atomic E-state index is 0.0223. The molecule has 0 bridgehead atoms. The quantitative estimate of drug-likeness (QED) is 0.638. The highest BCUT2D eigenvalue weighted by atomic mass is 19.1. The molecule has 0 radical (unpaired) electrons. The van der Waals surface area contributed by atoms with E-state index < -0.39 is 0 Å². The maximum atomic E-state index is 13.0. The Labute approximate surface area is 179 Å². The second-order valence-corrected chi connectivity index (χ2v) is 8.71. The smallest absolute Gasteiger partial charge is 0.226 e. The van der Waals surface area contributed by atoms with Gasteiger partial charge in [0, 0.05) is 24.1 Å². The Morgan fingerprint density at radius 3 is 2.50 bits per heavy atom. The standard InChI is InChI=1S/C25H33FN2O2/c1-18(2)25(29)27-23-6-4-5-21(15-23)20-11-13-28(14-12-20)16-19(3)17-30-24-9-7-22(26)8-10-24/h4-10,15,18-20H,11-14,16-17H2,1-3H3,(H,27,29). The van der Waals surface area contributed by atoms with Crippen LogP contribution >= 0.6 is 0 Å². The van der Waals surface area contributed by atoms with Gasteiger partial charge in [-0.1, -0.05) is 32.9 Å². The lowest BCUT2D eigenvalue weighted by atomic mass is 9.89. The number of carbonyl (C=O) groups is 1. The third-order valence-electron chi connectivity index (χ3n) is 5.66. The summed E-state index contributed by atoms with van der Waals surface area (Å²) in [6.07, 6.45) is 2.24. The van der Waals surface area contributed by atoms with Gasteiger partial charge in [0.2, 0.25) is 5.91 Å². The Hall–Kier alpha value is -2.40. The van der Waals surface area contributed by atoms with Crippen LogP contribution in [0.2, 0.25) is 0 Å². The van der Waals surface area contributed by atoms with Crippen molar-refractivity contribution in [2.75, 3.05) is 31.6 Å². The molecule has 2 aromatic carbocycles. The summed E-state index contributed by atoms with van der Waals surface area (Å²) in [5.41, 5.74) is 2.20. The number of hydrogen-bond donors (Lipinski definition) is 1. The third kappa shape index (κ3) is 6.56. The van der Waals surface area contributed by atoms with E-state index in [1.165, 1.54) is 17.7 Å². The summed E-state index contributed by atoms with van der Waals surface area (Å²) in [4.78, 5) is 14.5. The minimum atomic E-state index is -0.244. The molecule has 30 heavy (non-hydrogen) atoms. The molecule has 2 aromatic rings. The number of piperidine rings is 1. The molecule has 1 saturated heterocycles. The molecule has 1 fully saturated rings. The average Bonchev–Trinajstić information content (AvgIpc) is 2.74. The van der Waals surface area contributed by atoms with E-state index in [-0.39, 0.29) is 17.6 Å². The first-order valence-corrected chi connectivity index (χ1v) is 10.9. The number of halogens is 1. The molecule has 162 valence electrons. The van der Waals surface area contributed by atoms with Crippen LogP contribution in [-0.4, -0.2) is 37.0 Å². The second-order valence-electron chi connectivity index (χ2n) is 8.71. The zero-order valence-electron chi connectivity index (χ0n) is 18.2. The molecule has 1 atom stereocenters. The number of rotatable bonds is 8. The summed E-state index contributed by atoms with van der Waals surface area (Å²) in [6.45, 7) is 9.75. The number of amides is 1. The molecule has 1 amide bonds. The first-order valence-electron chi connectivity index (χ1n) is 10.9. The molecule has 5 heteroatoms. The van der Waals surface area contributed by atoms with Crippen molar-refractivity contribution in [3.8, 4) is 5.75 Å². The summed E-state index contributed by atoms with van der Waals surface area (Å²) in [6, 6.07) is 14.5. The summed E-state index contributed by atoms with van der Waals surface area (Å²) in [5, 5.41) is 3.00. The average molecular weight is 413 g/mol. The van der Waals surface area contributed by atoms with Crippen LogP contribution < -0.4 is 10.1 Å². The zero-order chi connectivity index (χ0) is 21.5. The third-order valence-corrected chi connectivity index (χ3v) is 5.66. The second kappa shape index (κ2) is 10.6. The lowest BCUT2D eigenvalue weighted by molar-refractivity contribution is -0.118. The topological polar surface area (TPSA) is 41.6 Å². The normalized spacial score (nSPS) is 16.4. The van der Waals surface area contributed by atoms with Gasteiger partial charge in [-0.25, -0.2) is 4.39 Å². The van der Waals surface area contributed by atoms with Gasteiger partial charge in [0.15, 0.2) is 0 Å². The molecule has 4 nitrogen and oxygen atoms in total. The number of carbonyl (C=O) groups excluding carboxylic acids is 1. The van der Waals surface area contributed by atoms with E-state index in [1.807, 2.05) is 26.0 Å². The number of nitrogens with zero attached hydrogens (tertiary/aromatic N) is 1. The van der Waals surface area contributed by atoms with Crippen LogP contribution in [0.3, 0.4) is 0 Å². The molecule has 1 aliphatic heterocycles. The highest BCUT2D eigenvalue weighted by Gasteiger charge is 2.22. The first kappa shape index (κ1) is 22.3. The van der Waals surface area contributed by atoms with Gasteiger partial charge < -0.3 is 15.0 Å². The number of hydrogen-bond acceptors (Lipinski definition) is 3. The van der Waals surface area contributed by atoms with Gasteiger partial charge in [-0.2, -0.15) is 0 Å². The Balaban J connectivity index is 1.44. The number of likely N-dealkylation sites (tertiary alicyclic amines) is 1. The van der Waals surface area contributed by atoms with Crippen LogP contribution in [0, 0.1) is 17.7 Å². The molecule has 0 aromatic heterocycles. The molecule has 1 heterocycles. The van der Waals surface area contributed by atoms with Crippen LogP contribution in [-0.2, 0) is 4.79 Å². The molecule has 3 rings (SSSR count). The maximum absolute atomic E-state index is 13.0. The number of ether oxygens (including phenoxy) is 1. The fraction of sp³-hybridized carbons (Fsp3) is 0.480. The van der Waals surface area contributed by atoms with Crippen molar-refractivity contribution in [2.24, 2.45) is 11.8 Å². The Morgan fingerprint density at radius 1 is 1.13 bits per heavy atom. The van der Waals surface area contributed by atoms with Gasteiger partial charge in [-0.15, -0.1) is 0 Å². The van der Waals surface area contributed by atoms with Crippen molar-refractivity contribution in [3.63, 3.8) is 0 Å². The lowest BCUT2D eigenvalue weighted by Crippen LogP contribution is -2.37. The fourth-order valence-corrected chi connectivity index (χ4v) is 3.87. The summed E-state index contributed by atoms with van der Waals surface area (Å²) < 4.78 is 18.8. The highest BCUT2D eigenvalue weighted by Crippen LogP contribution is 2.30. The van der Waals surface area contributed by atoms with Crippen LogP contribution in [0.5, 0.6) is 5.75 Å². The van der Waals surface area contributed by atoms with Crippen molar-refractivity contribution in [2.45, 2.75) is 39.5 Å². The molecule has 0 aliphatic carbocycles. The largest absolute Gasteiger partial charge is 0.493 e. The lowest BCUT2D eigenvalue weighted by Gasteiger charge is -2.33. The predicted octanol–water partition coefficient (Wildman–Crippen LogP) is 5.31. The van der Waals surface area contributed by atoms with Gasteiger partial charge >= 0.3 is 0 Å². The van der Waals surface area contributed by atoms with E-state index in [9.17, 15) is 9.18 Å². The van der Waals surface area contributed by atoms with E-state index >= 15 is 0 Å². The van der Waals surface area contributed by atoms with Crippen LogP contribution in [0.4, 0.5) is 10.1 Å². The zero-order valence-corrected chi connectivity index (χ0v) is 18.2. The molecular formula is C25H33FN2O2. The van der Waals surface area contributed by atoms with Crippen molar-refractivity contribution < 1.29 is 13.9 Å². The van der Waals surface area contributed by atoms with E-state index in [0.29, 0.717) is 24.2 Å². The van der Waals surface area contributed by atoms with Crippen LogP contribution in [0.1, 0.15) is 45.1 Å². The maximum Gasteiger partial charge on any atom is 0.226 e. The summed E-state index contributed by atoms with van der Waals surface area (Å²) in [5.74, 6) is 1.44. The van der Waals surface area contributed by atoms with Gasteiger partial charge in [0.1, 0.15) is 11.6 Å². The van der Waals surface area contributed by atoms with Gasteiger partial charge in [-0.3, -0.25) is 4.79 Å². The molecular weight excluding hydrogens is 379 g/mol. The first-order chi connectivity index (χ1) is 14.4. The monoisotopic (exact) mass is 412 g/mol. The fourth-order valence-electron chi connectivity index (χ4n) is 3.87. The van der Waals surface area contributed by atoms with Crippen molar-refractivity contribution in [1.29, 1.82) is 0 Å². The van der Waals surface area contributed by atoms with Gasteiger partial charge in [0.25, 0.3) is 0 Å². The Morgan fingerprint density at radius 2 is 1.83 bits per heavy atom. The number of nitrogens with one attached hydrogen (secondary N) is 1. The van der Waals surface area contributed by atoms with Gasteiger partial charge in [-0.05, 0) is 73.8 Å². The number of benzene rings is 2. The van der Waals surface area contributed by atoms with Crippen molar-refractivity contribution in [3.05, 3.63) is 59.9 Å². The van der Waals surface area contributed by atoms with E-state index in [0.717, 1.165) is 38.2 Å². The summed E-state index contributed by atoms with van der Waals surface area (Å²) >= 11 is 0. The Bertz CT molecular complexity index is 814. The molecule has 1 N–H and O–H groups in total. The van der Waals surface area contributed by atoms with E-state index in [1.54, 1.807) is 12.1 Å². The predicted molar refractivity (Wildman–Crippen MR) is 119 cm³/mol. The van der Waals surface area contributed by atoms with Crippen LogP contribution in [0.15, 0.2) is 48.5 Å². The molecule has 0 spiro atoms. The van der Waals surface area contributed by atoms with E-state index in [4.69, 9.17) is 4.74 Å². The number of anilines is 1. The minimum Gasteiger partial charge on any atom is -0.493 e. The highest BCUT2D eigenvalue weighted by molar-refractivity contribution is 5.92. The summed E-state index contributed by atoms with van der Waals surface area (Å²) in [7, 11) is 0. The Kier molecular flexibility index (Phi) is 7.86. The molecule has 1 unspecified atom stereocenters. The van der Waals surface area contributed by atoms with Crippen molar-refractivity contribution in [1.82, 2.24) is 4.90 Å².